The van der Waals surface area contributed by atoms with Crippen molar-refractivity contribution in [2.75, 3.05) is 24.6 Å². The lowest BCUT2D eigenvalue weighted by atomic mass is 10.0. The van der Waals surface area contributed by atoms with Gasteiger partial charge in [-0.15, -0.1) is 0 Å². The molecule has 0 N–H and O–H groups in total. The monoisotopic (exact) mass is 370 g/mol. The largest absolute Gasteiger partial charge is 0.394 e. The second-order valence-electron chi connectivity index (χ2n) is 7.03. The van der Waals surface area contributed by atoms with Crippen LogP contribution in [0.3, 0.4) is 0 Å². The first-order valence-electron chi connectivity index (χ1n) is 10.0. The minimum Gasteiger partial charge on any atom is -0.394 e. The van der Waals surface area contributed by atoms with Crippen LogP contribution in [0.15, 0.2) is 84.0 Å². The van der Waals surface area contributed by atoms with Crippen LogP contribution in [0.2, 0.25) is 0 Å². The van der Waals surface area contributed by atoms with Gasteiger partial charge in [0.15, 0.2) is 0 Å². The second kappa shape index (κ2) is 8.75. The standard InChI is InChI=1S/C25H26N2O/c1-2-24(22-14-12-21(13-15-22)20-8-4-3-5-9-20)26-28-19-18-27-17-16-23-10-6-7-11-25(23)27/h3-15H,2,16-19H2,1H3/b26-24+. The zero-order valence-corrected chi connectivity index (χ0v) is 16.3. The molecule has 0 unspecified atom stereocenters. The molecule has 3 nitrogen and oxygen atoms in total. The van der Waals surface area contributed by atoms with Crippen LogP contribution in [-0.2, 0) is 11.3 Å². The molecular weight excluding hydrogens is 344 g/mol. The third kappa shape index (κ3) is 4.09. The van der Waals surface area contributed by atoms with Crippen molar-refractivity contribution in [1.29, 1.82) is 0 Å². The van der Waals surface area contributed by atoms with E-state index in [1.165, 1.54) is 22.4 Å². The normalized spacial score (nSPS) is 13.5. The van der Waals surface area contributed by atoms with Crippen LogP contribution in [0.4, 0.5) is 5.69 Å². The van der Waals surface area contributed by atoms with Gasteiger partial charge in [0.1, 0.15) is 6.61 Å². The summed E-state index contributed by atoms with van der Waals surface area (Å²) in [6, 6.07) is 27.6. The number of rotatable bonds is 7. The summed E-state index contributed by atoms with van der Waals surface area (Å²) in [7, 11) is 0. The zero-order chi connectivity index (χ0) is 19.2. The Morgan fingerprint density at radius 2 is 1.61 bits per heavy atom. The van der Waals surface area contributed by atoms with E-state index < -0.39 is 0 Å². The first-order chi connectivity index (χ1) is 13.8. The van der Waals surface area contributed by atoms with Gasteiger partial charge in [-0.2, -0.15) is 0 Å². The molecular formula is C25H26N2O. The highest BCUT2D eigenvalue weighted by Gasteiger charge is 2.17. The topological polar surface area (TPSA) is 24.8 Å². The average Bonchev–Trinajstić information content (AvgIpc) is 3.18. The minimum absolute atomic E-state index is 0.597. The van der Waals surface area contributed by atoms with E-state index in [2.05, 4.69) is 89.8 Å². The van der Waals surface area contributed by atoms with Crippen molar-refractivity contribution >= 4 is 11.4 Å². The fraction of sp³-hybridized carbons (Fsp3) is 0.240. The van der Waals surface area contributed by atoms with E-state index in [0.29, 0.717) is 6.61 Å². The zero-order valence-electron chi connectivity index (χ0n) is 16.3. The molecule has 0 fully saturated rings. The summed E-state index contributed by atoms with van der Waals surface area (Å²) >= 11 is 0. The quantitative estimate of drug-likeness (QED) is 0.310. The molecule has 0 atom stereocenters. The van der Waals surface area contributed by atoms with Gasteiger partial charge >= 0.3 is 0 Å². The van der Waals surface area contributed by atoms with Crippen molar-refractivity contribution in [2.24, 2.45) is 5.16 Å². The molecule has 3 aromatic carbocycles. The molecule has 1 heterocycles. The summed E-state index contributed by atoms with van der Waals surface area (Å²) in [5.41, 5.74) is 7.32. The van der Waals surface area contributed by atoms with Gasteiger partial charge < -0.3 is 9.74 Å². The number of hydrogen-bond donors (Lipinski definition) is 0. The SMILES string of the molecule is CC/C(=N\OCCN1CCc2ccccc21)c1ccc(-c2ccccc2)cc1. The average molecular weight is 370 g/mol. The van der Waals surface area contributed by atoms with Crippen molar-refractivity contribution in [1.82, 2.24) is 0 Å². The number of hydrogen-bond acceptors (Lipinski definition) is 3. The fourth-order valence-corrected chi connectivity index (χ4v) is 3.72. The molecule has 4 rings (SSSR count). The van der Waals surface area contributed by atoms with Gasteiger partial charge in [-0.05, 0) is 41.2 Å². The molecule has 0 radical (unpaired) electrons. The van der Waals surface area contributed by atoms with Crippen LogP contribution < -0.4 is 4.90 Å². The van der Waals surface area contributed by atoms with Crippen LogP contribution in [0.1, 0.15) is 24.5 Å². The van der Waals surface area contributed by atoms with Gasteiger partial charge in [0.2, 0.25) is 0 Å². The lowest BCUT2D eigenvalue weighted by Crippen LogP contribution is -2.24. The minimum atomic E-state index is 0.597. The van der Waals surface area contributed by atoms with Crippen molar-refractivity contribution < 1.29 is 4.84 Å². The van der Waals surface area contributed by atoms with E-state index in [9.17, 15) is 0 Å². The predicted octanol–water partition coefficient (Wildman–Crippen LogP) is 5.55. The molecule has 0 amide bonds. The maximum atomic E-state index is 5.68. The van der Waals surface area contributed by atoms with E-state index >= 15 is 0 Å². The van der Waals surface area contributed by atoms with E-state index in [0.717, 1.165) is 37.2 Å². The summed E-state index contributed by atoms with van der Waals surface area (Å²) in [5, 5.41) is 4.42. The maximum Gasteiger partial charge on any atom is 0.134 e. The number of fused-ring (bicyclic) bond motifs is 1. The number of para-hydroxylation sites is 1. The highest BCUT2D eigenvalue weighted by atomic mass is 16.6. The lowest BCUT2D eigenvalue weighted by Gasteiger charge is -2.18. The van der Waals surface area contributed by atoms with Gasteiger partial charge in [0, 0.05) is 12.2 Å². The predicted molar refractivity (Wildman–Crippen MR) is 117 cm³/mol. The number of nitrogens with zero attached hydrogens (tertiary/aromatic N) is 2. The van der Waals surface area contributed by atoms with E-state index in [4.69, 9.17) is 4.84 Å². The maximum absolute atomic E-state index is 5.68. The van der Waals surface area contributed by atoms with Crippen LogP contribution in [0.5, 0.6) is 0 Å². The van der Waals surface area contributed by atoms with Gasteiger partial charge in [0.25, 0.3) is 0 Å². The molecule has 0 aliphatic carbocycles. The Morgan fingerprint density at radius 3 is 2.39 bits per heavy atom. The number of anilines is 1. The van der Waals surface area contributed by atoms with E-state index in [1.54, 1.807) is 0 Å². The number of oxime groups is 1. The highest BCUT2D eigenvalue weighted by molar-refractivity contribution is 6.00. The van der Waals surface area contributed by atoms with Crippen LogP contribution in [0.25, 0.3) is 11.1 Å². The molecule has 142 valence electrons. The first-order valence-corrected chi connectivity index (χ1v) is 10.0. The molecule has 0 bridgehead atoms. The smallest absolute Gasteiger partial charge is 0.134 e. The molecule has 3 aromatic rings. The number of benzene rings is 3. The van der Waals surface area contributed by atoms with Gasteiger partial charge in [-0.25, -0.2) is 0 Å². The van der Waals surface area contributed by atoms with E-state index in [-0.39, 0.29) is 0 Å². The Morgan fingerprint density at radius 1 is 0.893 bits per heavy atom. The van der Waals surface area contributed by atoms with Crippen molar-refractivity contribution in [3.8, 4) is 11.1 Å². The molecule has 1 aliphatic heterocycles. The van der Waals surface area contributed by atoms with Crippen LogP contribution in [-0.4, -0.2) is 25.4 Å². The molecule has 1 aliphatic rings. The summed E-state index contributed by atoms with van der Waals surface area (Å²) in [6.07, 6.45) is 1.96. The van der Waals surface area contributed by atoms with Crippen molar-refractivity contribution in [3.63, 3.8) is 0 Å². The van der Waals surface area contributed by atoms with E-state index in [1.807, 2.05) is 6.07 Å². The van der Waals surface area contributed by atoms with Crippen LogP contribution in [0, 0.1) is 0 Å². The third-order valence-corrected chi connectivity index (χ3v) is 5.27. The summed E-state index contributed by atoms with van der Waals surface area (Å²) in [6.45, 7) is 4.64. The Balaban J connectivity index is 1.36. The Labute approximate surface area is 167 Å². The molecule has 0 saturated carbocycles. The Bertz CT molecular complexity index is 932. The summed E-state index contributed by atoms with van der Waals surface area (Å²) in [5.74, 6) is 0. The van der Waals surface area contributed by atoms with Crippen molar-refractivity contribution in [2.45, 2.75) is 19.8 Å². The van der Waals surface area contributed by atoms with Crippen LogP contribution >= 0.6 is 0 Å². The Hall–Kier alpha value is -3.07. The molecule has 0 saturated heterocycles. The third-order valence-electron chi connectivity index (χ3n) is 5.27. The molecule has 28 heavy (non-hydrogen) atoms. The van der Waals surface area contributed by atoms with Crippen molar-refractivity contribution in [3.05, 3.63) is 90.0 Å². The molecule has 0 spiro atoms. The van der Waals surface area contributed by atoms with Gasteiger partial charge in [-0.3, -0.25) is 0 Å². The highest BCUT2D eigenvalue weighted by Crippen LogP contribution is 2.26. The van der Waals surface area contributed by atoms with Gasteiger partial charge in [-0.1, -0.05) is 84.9 Å². The lowest BCUT2D eigenvalue weighted by molar-refractivity contribution is 0.150. The molecule has 0 aromatic heterocycles. The summed E-state index contributed by atoms with van der Waals surface area (Å²) in [4.78, 5) is 8.06. The first kappa shape index (κ1) is 18.3. The fourth-order valence-electron chi connectivity index (χ4n) is 3.72. The Kier molecular flexibility index (Phi) is 5.72. The second-order valence-corrected chi connectivity index (χ2v) is 7.03. The molecule has 3 heteroatoms. The van der Waals surface area contributed by atoms with Gasteiger partial charge in [0.05, 0.1) is 12.3 Å². The summed E-state index contributed by atoms with van der Waals surface area (Å²) < 4.78 is 0.